The number of carboxylic acid groups (broad SMARTS) is 2. The molecule has 0 unspecified atom stereocenters. The number of hydrogen-bond donors (Lipinski definition) is 5. The van der Waals surface area contributed by atoms with Crippen LogP contribution in [0.4, 0.5) is 8.78 Å². The van der Waals surface area contributed by atoms with Crippen LogP contribution in [-0.4, -0.2) is 79.9 Å². The Bertz CT molecular complexity index is 1450. The van der Waals surface area contributed by atoms with Gasteiger partial charge >= 0.3 is 11.9 Å². The van der Waals surface area contributed by atoms with Gasteiger partial charge in [0.05, 0.1) is 36.3 Å². The number of H-pyrrole nitrogens is 1. The van der Waals surface area contributed by atoms with Crippen LogP contribution in [0.15, 0.2) is 42.6 Å². The van der Waals surface area contributed by atoms with E-state index in [1.165, 1.54) is 0 Å². The number of carbonyl (C=O) groups is 2. The molecule has 0 amide bonds. The highest BCUT2D eigenvalue weighted by atomic mass is 19.2. The number of piperidine rings is 1. The molecule has 0 bridgehead atoms. The van der Waals surface area contributed by atoms with Crippen molar-refractivity contribution in [3.63, 3.8) is 0 Å². The molecule has 0 saturated carbocycles. The lowest BCUT2D eigenvalue weighted by atomic mass is 10.0. The number of carboxylic acids is 2. The summed E-state index contributed by atoms with van der Waals surface area (Å²) in [6.07, 6.45) is 2.96. The summed E-state index contributed by atoms with van der Waals surface area (Å²) in [4.78, 5) is 32.2. The van der Waals surface area contributed by atoms with Gasteiger partial charge in [0.15, 0.2) is 11.6 Å². The van der Waals surface area contributed by atoms with Crippen molar-refractivity contribution in [2.24, 2.45) is 0 Å². The van der Waals surface area contributed by atoms with Gasteiger partial charge in [-0.15, -0.1) is 0 Å². The SMILES string of the molecule is COc1ccc2nccc([C@@H](O)CN3CCC(NCc4nc5cc(F)c(F)cc5[nH]4)CC3)c2c1.O=C(O)C(=O)O. The van der Waals surface area contributed by atoms with E-state index < -0.39 is 29.7 Å². The van der Waals surface area contributed by atoms with E-state index in [-0.39, 0.29) is 0 Å². The van der Waals surface area contributed by atoms with Crippen LogP contribution < -0.4 is 10.1 Å². The molecule has 0 spiro atoms. The molecule has 0 radical (unpaired) electrons. The van der Waals surface area contributed by atoms with Gasteiger partial charge in [-0.25, -0.2) is 23.4 Å². The zero-order chi connectivity index (χ0) is 28.8. The number of aliphatic hydroxyl groups excluding tert-OH is 1. The molecule has 1 aliphatic heterocycles. The largest absolute Gasteiger partial charge is 0.497 e. The highest BCUT2D eigenvalue weighted by molar-refractivity contribution is 6.27. The van der Waals surface area contributed by atoms with E-state index in [9.17, 15) is 13.9 Å². The highest BCUT2D eigenvalue weighted by Crippen LogP contribution is 2.28. The van der Waals surface area contributed by atoms with E-state index in [1.807, 2.05) is 24.3 Å². The summed E-state index contributed by atoms with van der Waals surface area (Å²) in [7, 11) is 1.62. The van der Waals surface area contributed by atoms with Crippen LogP contribution in [0.25, 0.3) is 21.9 Å². The summed E-state index contributed by atoms with van der Waals surface area (Å²) < 4.78 is 32.2. The fraction of sp³-hybridized carbons (Fsp3) is 0.333. The van der Waals surface area contributed by atoms with Crippen LogP contribution in [0, 0.1) is 11.6 Å². The zero-order valence-corrected chi connectivity index (χ0v) is 21.6. The van der Waals surface area contributed by atoms with E-state index >= 15 is 0 Å². The first-order chi connectivity index (χ1) is 19.1. The fourth-order valence-corrected chi connectivity index (χ4v) is 4.61. The molecule has 3 heterocycles. The van der Waals surface area contributed by atoms with Crippen molar-refractivity contribution in [1.29, 1.82) is 0 Å². The molecular formula is C27H29F2N5O6. The Labute approximate surface area is 227 Å². The predicted octanol–water partition coefficient (Wildman–Crippen LogP) is 2.84. The van der Waals surface area contributed by atoms with Crippen LogP contribution in [0.3, 0.4) is 0 Å². The van der Waals surface area contributed by atoms with Crippen molar-refractivity contribution in [3.05, 3.63) is 65.6 Å². The van der Waals surface area contributed by atoms with Crippen LogP contribution >= 0.6 is 0 Å². The number of nitrogens with one attached hydrogen (secondary N) is 2. The van der Waals surface area contributed by atoms with E-state index in [4.69, 9.17) is 24.5 Å². The van der Waals surface area contributed by atoms with Crippen molar-refractivity contribution in [1.82, 2.24) is 25.2 Å². The Balaban J connectivity index is 0.000000557. The molecule has 212 valence electrons. The van der Waals surface area contributed by atoms with Crippen molar-refractivity contribution in [3.8, 4) is 5.75 Å². The van der Waals surface area contributed by atoms with Crippen molar-refractivity contribution in [2.45, 2.75) is 31.5 Å². The van der Waals surface area contributed by atoms with Crippen LogP contribution in [0.2, 0.25) is 0 Å². The highest BCUT2D eigenvalue weighted by Gasteiger charge is 2.23. The monoisotopic (exact) mass is 557 g/mol. The number of pyridine rings is 1. The van der Waals surface area contributed by atoms with Crippen LogP contribution in [0.1, 0.15) is 30.3 Å². The summed E-state index contributed by atoms with van der Waals surface area (Å²) in [5, 5.41) is 30.1. The number of aliphatic carboxylic acids is 2. The molecule has 1 aliphatic rings. The number of rotatable bonds is 7. The number of likely N-dealkylation sites (tertiary alicyclic amines) is 1. The van der Waals surface area contributed by atoms with Crippen molar-refractivity contribution < 1.29 is 38.4 Å². The van der Waals surface area contributed by atoms with E-state index in [0.29, 0.717) is 36.0 Å². The number of benzene rings is 2. The first-order valence-corrected chi connectivity index (χ1v) is 12.5. The number of ether oxygens (including phenoxy) is 1. The minimum absolute atomic E-state index is 0.307. The third-order valence-electron chi connectivity index (χ3n) is 6.67. The Morgan fingerprint density at radius 3 is 2.48 bits per heavy atom. The van der Waals surface area contributed by atoms with Gasteiger partial charge in [0, 0.05) is 36.3 Å². The number of imidazole rings is 1. The van der Waals surface area contributed by atoms with Gasteiger partial charge in [0.25, 0.3) is 0 Å². The summed E-state index contributed by atoms with van der Waals surface area (Å²) in [6, 6.07) is 10.1. The lowest BCUT2D eigenvalue weighted by Crippen LogP contribution is -2.43. The van der Waals surface area contributed by atoms with Crippen LogP contribution in [-0.2, 0) is 16.1 Å². The molecule has 11 nitrogen and oxygen atoms in total. The van der Waals surface area contributed by atoms with Gasteiger partial charge in [0.2, 0.25) is 0 Å². The van der Waals surface area contributed by atoms with Gasteiger partial charge in [-0.2, -0.15) is 0 Å². The van der Waals surface area contributed by atoms with Crippen molar-refractivity contribution >= 4 is 33.9 Å². The number of aliphatic hydroxyl groups is 1. The molecule has 13 heteroatoms. The van der Waals surface area contributed by atoms with Crippen molar-refractivity contribution in [2.75, 3.05) is 26.7 Å². The second kappa shape index (κ2) is 12.8. The first-order valence-electron chi connectivity index (χ1n) is 12.5. The minimum Gasteiger partial charge on any atom is -0.497 e. The topological polar surface area (TPSA) is 161 Å². The second-order valence-corrected chi connectivity index (χ2v) is 9.33. The molecule has 5 N–H and O–H groups in total. The number of hydrogen-bond acceptors (Lipinski definition) is 8. The summed E-state index contributed by atoms with van der Waals surface area (Å²) in [6.45, 7) is 2.76. The molecule has 40 heavy (non-hydrogen) atoms. The Morgan fingerprint density at radius 2 is 1.80 bits per heavy atom. The Hall–Kier alpha value is -4.20. The van der Waals surface area contributed by atoms with E-state index in [1.54, 1.807) is 13.3 Å². The normalized spacial score (nSPS) is 15.0. The summed E-state index contributed by atoms with van der Waals surface area (Å²) in [5.74, 6) is -4.04. The summed E-state index contributed by atoms with van der Waals surface area (Å²) in [5.41, 5.74) is 2.58. The second-order valence-electron chi connectivity index (χ2n) is 9.33. The molecular weight excluding hydrogens is 528 g/mol. The number of halogens is 2. The van der Waals surface area contributed by atoms with E-state index in [2.05, 4.69) is 25.2 Å². The smallest absolute Gasteiger partial charge is 0.414 e. The predicted molar refractivity (Wildman–Crippen MR) is 141 cm³/mol. The third-order valence-corrected chi connectivity index (χ3v) is 6.67. The number of aromatic nitrogens is 3. The third kappa shape index (κ3) is 7.05. The average molecular weight is 558 g/mol. The number of methoxy groups -OCH3 is 1. The zero-order valence-electron chi connectivity index (χ0n) is 21.6. The molecule has 0 aliphatic carbocycles. The molecule has 1 fully saturated rings. The molecule has 2 aromatic carbocycles. The number of aromatic amines is 1. The molecule has 1 saturated heterocycles. The lowest BCUT2D eigenvalue weighted by molar-refractivity contribution is -0.159. The number of fused-ring (bicyclic) bond motifs is 2. The standard InChI is InChI=1S/C25H27F2N5O2.C2H2O4/c1-34-16-2-3-21-18(10-16)17(4-7-28-21)24(33)14-32-8-5-15(6-9-32)29-13-25-30-22-11-19(26)20(27)12-23(22)31-25;3-1(4)2(5)6/h2-4,7,10-12,15,24,29,33H,5-6,8-9,13-14H2,1H3,(H,30,31);(H,3,4)(H,5,6)/t24-;/m0./s1. The summed E-state index contributed by atoms with van der Waals surface area (Å²) >= 11 is 0. The van der Waals surface area contributed by atoms with Gasteiger partial charge in [-0.05, 0) is 55.8 Å². The Kier molecular flexibility index (Phi) is 9.19. The average Bonchev–Trinajstić information content (AvgIpc) is 3.33. The first kappa shape index (κ1) is 28.8. The van der Waals surface area contributed by atoms with Gasteiger partial charge in [-0.3, -0.25) is 4.98 Å². The molecule has 5 rings (SSSR count). The van der Waals surface area contributed by atoms with E-state index in [0.717, 1.165) is 60.3 Å². The van der Waals surface area contributed by atoms with Gasteiger partial charge in [0.1, 0.15) is 11.6 Å². The molecule has 2 aromatic heterocycles. The van der Waals surface area contributed by atoms with Gasteiger partial charge in [-0.1, -0.05) is 0 Å². The maximum Gasteiger partial charge on any atom is 0.414 e. The molecule has 1 atom stereocenters. The lowest BCUT2D eigenvalue weighted by Gasteiger charge is -2.33. The van der Waals surface area contributed by atoms with Crippen LogP contribution in [0.5, 0.6) is 5.75 Å². The van der Waals surface area contributed by atoms with Gasteiger partial charge < -0.3 is 35.3 Å². The minimum atomic E-state index is -1.82. The number of nitrogens with zero attached hydrogens (tertiary/aromatic N) is 3. The fourth-order valence-electron chi connectivity index (χ4n) is 4.61. The molecule has 4 aromatic rings. The maximum absolute atomic E-state index is 13.4. The Morgan fingerprint density at radius 1 is 1.10 bits per heavy atom. The maximum atomic E-state index is 13.4. The quantitative estimate of drug-likeness (QED) is 0.214. The number of β-amino-alcohol motifs (C(OH)–C–C–N with tert-alkyl or cyclic N) is 1.